The summed E-state index contributed by atoms with van der Waals surface area (Å²) in [5, 5.41) is 11.7. The van der Waals surface area contributed by atoms with Crippen LogP contribution < -0.4 is 5.32 Å². The molecule has 0 aromatic heterocycles. The van der Waals surface area contributed by atoms with Crippen LogP contribution in [-0.2, 0) is 30.4 Å². The number of carboxylic acid groups (broad SMARTS) is 1. The summed E-state index contributed by atoms with van der Waals surface area (Å²) >= 11 is 0. The first kappa shape index (κ1) is 28.3. The number of hydrogen-bond acceptors (Lipinski definition) is 6. The molecule has 3 aromatic carbocycles. The van der Waals surface area contributed by atoms with E-state index in [1.54, 1.807) is 13.8 Å². The Morgan fingerprint density at radius 1 is 0.951 bits per heavy atom. The molecule has 3 aromatic rings. The standard InChI is InChI=1S/C32H34N2O7/c1-21(39-16-22-10-4-3-5-11-22)29(30(37)34-19-32(2,20-34)41-18-28(35)36)33-31(38)40-17-27-25-14-8-6-12-23(25)24-13-7-9-15-26(24)27/h3-15,21,27,29H,16-20H2,1-2H3,(H,33,38)(H,35,36)/t21-,29+/m0/s1. The molecule has 2 aliphatic rings. The number of alkyl carbamates (subject to hydrolysis) is 1. The zero-order chi connectivity index (χ0) is 29.0. The number of fused-ring (bicyclic) bond motifs is 3. The van der Waals surface area contributed by atoms with Crippen molar-refractivity contribution in [3.63, 3.8) is 0 Å². The van der Waals surface area contributed by atoms with Gasteiger partial charge in [0.15, 0.2) is 0 Å². The number of nitrogens with one attached hydrogen (secondary N) is 1. The van der Waals surface area contributed by atoms with E-state index in [1.807, 2.05) is 66.7 Å². The van der Waals surface area contributed by atoms with Crippen molar-refractivity contribution in [2.75, 3.05) is 26.3 Å². The second kappa shape index (κ2) is 12.1. The molecule has 0 unspecified atom stereocenters. The van der Waals surface area contributed by atoms with Crippen molar-refractivity contribution in [2.24, 2.45) is 0 Å². The summed E-state index contributed by atoms with van der Waals surface area (Å²) < 4.78 is 17.2. The Bertz CT molecular complexity index is 1360. The summed E-state index contributed by atoms with van der Waals surface area (Å²) in [6.07, 6.45) is -1.39. The third-order valence-corrected chi connectivity index (χ3v) is 7.61. The summed E-state index contributed by atoms with van der Waals surface area (Å²) in [5.41, 5.74) is 4.60. The fraction of sp³-hybridized carbons (Fsp3) is 0.344. The Morgan fingerprint density at radius 2 is 1.54 bits per heavy atom. The number of carboxylic acids is 1. The van der Waals surface area contributed by atoms with Crippen molar-refractivity contribution in [1.29, 1.82) is 0 Å². The van der Waals surface area contributed by atoms with Gasteiger partial charge in [0.1, 0.15) is 24.9 Å². The average molecular weight is 559 g/mol. The van der Waals surface area contributed by atoms with Gasteiger partial charge in [-0.25, -0.2) is 9.59 Å². The van der Waals surface area contributed by atoms with Crippen molar-refractivity contribution in [3.05, 3.63) is 95.6 Å². The van der Waals surface area contributed by atoms with Crippen molar-refractivity contribution in [2.45, 2.75) is 44.1 Å². The first-order valence-electron chi connectivity index (χ1n) is 13.7. The predicted octanol–water partition coefficient (Wildman–Crippen LogP) is 4.20. The van der Waals surface area contributed by atoms with Gasteiger partial charge in [0.05, 0.1) is 25.8 Å². The lowest BCUT2D eigenvalue weighted by molar-refractivity contribution is -0.176. The maximum Gasteiger partial charge on any atom is 0.407 e. The van der Waals surface area contributed by atoms with Crippen LogP contribution in [0, 0.1) is 0 Å². The van der Waals surface area contributed by atoms with Crippen molar-refractivity contribution < 1.29 is 33.7 Å². The van der Waals surface area contributed by atoms with E-state index in [-0.39, 0.29) is 38.1 Å². The van der Waals surface area contributed by atoms with E-state index in [0.29, 0.717) is 0 Å². The SMILES string of the molecule is C[C@H](OCc1ccccc1)[C@@H](NC(=O)OCC1c2ccccc2-c2ccccc21)C(=O)N1CC(C)(OCC(=O)O)C1. The molecule has 2 N–H and O–H groups in total. The van der Waals surface area contributed by atoms with Gasteiger partial charge in [-0.1, -0.05) is 78.9 Å². The lowest BCUT2D eigenvalue weighted by Crippen LogP contribution is -2.67. The Balaban J connectivity index is 1.25. The van der Waals surface area contributed by atoms with Gasteiger partial charge in [-0.15, -0.1) is 0 Å². The second-order valence-corrected chi connectivity index (χ2v) is 10.8. The van der Waals surface area contributed by atoms with Crippen LogP contribution in [0.3, 0.4) is 0 Å². The Morgan fingerprint density at radius 3 is 2.15 bits per heavy atom. The molecular formula is C32H34N2O7. The molecule has 214 valence electrons. The quantitative estimate of drug-likeness (QED) is 0.363. The zero-order valence-electron chi connectivity index (χ0n) is 23.1. The molecule has 5 rings (SSSR count). The molecule has 1 fully saturated rings. The molecule has 0 radical (unpaired) electrons. The first-order chi connectivity index (χ1) is 19.7. The van der Waals surface area contributed by atoms with Gasteiger partial charge < -0.3 is 29.5 Å². The number of ether oxygens (including phenoxy) is 3. The molecule has 2 atom stereocenters. The normalized spacial score (nSPS) is 16.6. The molecule has 0 spiro atoms. The lowest BCUT2D eigenvalue weighted by atomic mass is 9.94. The molecule has 9 heteroatoms. The molecule has 9 nitrogen and oxygen atoms in total. The molecule has 1 heterocycles. The highest BCUT2D eigenvalue weighted by molar-refractivity contribution is 5.87. The molecule has 1 saturated heterocycles. The molecule has 0 bridgehead atoms. The van der Waals surface area contributed by atoms with Gasteiger partial charge in [-0.2, -0.15) is 0 Å². The minimum absolute atomic E-state index is 0.114. The minimum Gasteiger partial charge on any atom is -0.480 e. The summed E-state index contributed by atoms with van der Waals surface area (Å²) in [7, 11) is 0. The monoisotopic (exact) mass is 558 g/mol. The molecule has 0 saturated carbocycles. The van der Waals surface area contributed by atoms with E-state index in [2.05, 4.69) is 17.4 Å². The van der Waals surface area contributed by atoms with Crippen LogP contribution in [0.2, 0.25) is 0 Å². The molecule has 1 aliphatic heterocycles. The number of benzene rings is 3. The van der Waals surface area contributed by atoms with Crippen LogP contribution >= 0.6 is 0 Å². The van der Waals surface area contributed by atoms with E-state index < -0.39 is 36.4 Å². The van der Waals surface area contributed by atoms with Crippen LogP contribution in [0.1, 0.15) is 36.5 Å². The van der Waals surface area contributed by atoms with Gasteiger partial charge in [0.25, 0.3) is 0 Å². The van der Waals surface area contributed by atoms with Crippen LogP contribution in [0.5, 0.6) is 0 Å². The number of amides is 2. The Labute approximate surface area is 239 Å². The van der Waals surface area contributed by atoms with Gasteiger partial charge >= 0.3 is 12.1 Å². The first-order valence-corrected chi connectivity index (χ1v) is 13.7. The number of carbonyl (C=O) groups excluding carboxylic acids is 2. The maximum absolute atomic E-state index is 13.5. The molecule has 41 heavy (non-hydrogen) atoms. The fourth-order valence-corrected chi connectivity index (χ4v) is 5.49. The van der Waals surface area contributed by atoms with E-state index in [4.69, 9.17) is 19.3 Å². The van der Waals surface area contributed by atoms with Gasteiger partial charge in [0.2, 0.25) is 5.91 Å². The predicted molar refractivity (Wildman–Crippen MR) is 151 cm³/mol. The summed E-state index contributed by atoms with van der Waals surface area (Å²) in [5.74, 6) is -1.54. The van der Waals surface area contributed by atoms with Gasteiger partial charge in [-0.3, -0.25) is 4.79 Å². The zero-order valence-corrected chi connectivity index (χ0v) is 23.1. The highest BCUT2D eigenvalue weighted by Crippen LogP contribution is 2.44. The van der Waals surface area contributed by atoms with E-state index >= 15 is 0 Å². The minimum atomic E-state index is -1.08. The topological polar surface area (TPSA) is 114 Å². The van der Waals surface area contributed by atoms with Crippen LogP contribution in [-0.4, -0.2) is 72.0 Å². The number of likely N-dealkylation sites (tertiary alicyclic amines) is 1. The van der Waals surface area contributed by atoms with Crippen LogP contribution in [0.4, 0.5) is 4.79 Å². The van der Waals surface area contributed by atoms with E-state index in [1.165, 1.54) is 4.90 Å². The van der Waals surface area contributed by atoms with E-state index in [0.717, 1.165) is 27.8 Å². The fourth-order valence-electron chi connectivity index (χ4n) is 5.49. The Kier molecular flexibility index (Phi) is 8.37. The number of aliphatic carboxylic acids is 1. The summed E-state index contributed by atoms with van der Waals surface area (Å²) in [6.45, 7) is 3.82. The third kappa shape index (κ3) is 6.42. The largest absolute Gasteiger partial charge is 0.480 e. The molecule has 1 aliphatic carbocycles. The van der Waals surface area contributed by atoms with Gasteiger partial charge in [-0.05, 0) is 41.7 Å². The summed E-state index contributed by atoms with van der Waals surface area (Å²) in [6, 6.07) is 24.7. The van der Waals surface area contributed by atoms with Crippen molar-refractivity contribution in [3.8, 4) is 11.1 Å². The molecular weight excluding hydrogens is 524 g/mol. The maximum atomic E-state index is 13.5. The average Bonchev–Trinajstić information content (AvgIpc) is 3.29. The second-order valence-electron chi connectivity index (χ2n) is 10.8. The van der Waals surface area contributed by atoms with Crippen molar-refractivity contribution in [1.82, 2.24) is 10.2 Å². The van der Waals surface area contributed by atoms with E-state index in [9.17, 15) is 14.4 Å². The number of rotatable bonds is 11. The number of nitrogens with zero attached hydrogens (tertiary/aromatic N) is 1. The number of hydrogen-bond donors (Lipinski definition) is 2. The Hall–Kier alpha value is -4.21. The molecule has 2 amide bonds. The van der Waals surface area contributed by atoms with Crippen LogP contribution in [0.15, 0.2) is 78.9 Å². The third-order valence-electron chi connectivity index (χ3n) is 7.61. The lowest BCUT2D eigenvalue weighted by Gasteiger charge is -2.48. The van der Waals surface area contributed by atoms with Gasteiger partial charge in [0, 0.05) is 5.92 Å². The smallest absolute Gasteiger partial charge is 0.407 e. The number of carbonyl (C=O) groups is 3. The summed E-state index contributed by atoms with van der Waals surface area (Å²) in [4.78, 5) is 39.1. The highest BCUT2D eigenvalue weighted by atomic mass is 16.6. The highest BCUT2D eigenvalue weighted by Gasteiger charge is 2.46. The van der Waals surface area contributed by atoms with Crippen molar-refractivity contribution >= 4 is 18.0 Å². The van der Waals surface area contributed by atoms with Crippen LogP contribution in [0.25, 0.3) is 11.1 Å².